The summed E-state index contributed by atoms with van der Waals surface area (Å²) in [6, 6.07) is 23.8. The second kappa shape index (κ2) is 13.5. The molecule has 5 N–H and O–H groups in total. The van der Waals surface area contributed by atoms with Gasteiger partial charge in [-0.25, -0.2) is 4.98 Å². The molecule has 0 aliphatic carbocycles. The summed E-state index contributed by atoms with van der Waals surface area (Å²) in [7, 11) is 0. The molecular formula is C29H26Cl2N6O3. The Balaban J connectivity index is 1.60. The average molecular weight is 577 g/mol. The minimum Gasteiger partial charge on any atom is -0.459 e. The zero-order valence-electron chi connectivity index (χ0n) is 21.2. The van der Waals surface area contributed by atoms with Crippen molar-refractivity contribution in [2.45, 2.75) is 12.5 Å². The molecule has 0 aliphatic rings. The number of hydrogen-bond acceptors (Lipinski definition) is 7. The minimum atomic E-state index is -0.688. The Morgan fingerprint density at radius 2 is 1.60 bits per heavy atom. The van der Waals surface area contributed by atoms with Crippen LogP contribution in [0, 0.1) is 5.41 Å². The molecule has 1 unspecified atom stereocenters. The summed E-state index contributed by atoms with van der Waals surface area (Å²) < 4.78 is 5.76. The summed E-state index contributed by atoms with van der Waals surface area (Å²) in [5, 5.41) is 15.8. The molecule has 3 aromatic carbocycles. The van der Waals surface area contributed by atoms with Crippen LogP contribution in [0.4, 0.5) is 5.82 Å². The van der Waals surface area contributed by atoms with Crippen LogP contribution in [0.25, 0.3) is 0 Å². The van der Waals surface area contributed by atoms with Crippen LogP contribution >= 0.6 is 23.2 Å². The highest BCUT2D eigenvalue weighted by Gasteiger charge is 2.22. The van der Waals surface area contributed by atoms with Gasteiger partial charge in [0.05, 0.1) is 6.54 Å². The monoisotopic (exact) mass is 576 g/mol. The number of nitrogens with two attached hydrogens (primary N) is 1. The number of carbonyl (C=O) groups excluding carboxylic acids is 2. The zero-order valence-corrected chi connectivity index (χ0v) is 22.7. The molecule has 1 atom stereocenters. The van der Waals surface area contributed by atoms with Crippen molar-refractivity contribution in [1.29, 1.82) is 5.41 Å². The minimum absolute atomic E-state index is 0.0351. The van der Waals surface area contributed by atoms with Gasteiger partial charge < -0.3 is 26.5 Å². The van der Waals surface area contributed by atoms with Gasteiger partial charge in [-0.2, -0.15) is 4.98 Å². The Morgan fingerprint density at radius 1 is 0.950 bits per heavy atom. The first-order chi connectivity index (χ1) is 19.3. The van der Waals surface area contributed by atoms with Crippen molar-refractivity contribution in [2.24, 2.45) is 5.73 Å². The van der Waals surface area contributed by atoms with Crippen LogP contribution in [0.15, 0.2) is 85.1 Å². The van der Waals surface area contributed by atoms with E-state index in [1.54, 1.807) is 36.4 Å². The number of amides is 2. The fourth-order valence-electron chi connectivity index (χ4n) is 3.83. The van der Waals surface area contributed by atoms with E-state index in [1.165, 1.54) is 6.20 Å². The molecule has 0 fully saturated rings. The highest BCUT2D eigenvalue weighted by Crippen LogP contribution is 2.24. The lowest BCUT2D eigenvalue weighted by atomic mass is 9.90. The first-order valence-electron chi connectivity index (χ1n) is 12.2. The lowest BCUT2D eigenvalue weighted by Gasteiger charge is -2.21. The van der Waals surface area contributed by atoms with E-state index in [1.807, 2.05) is 42.5 Å². The quantitative estimate of drug-likeness (QED) is 0.178. The van der Waals surface area contributed by atoms with Gasteiger partial charge in [0.15, 0.2) is 0 Å². The molecule has 4 rings (SSSR count). The summed E-state index contributed by atoms with van der Waals surface area (Å²) in [5.74, 6) is -1.51. The third-order valence-electron chi connectivity index (χ3n) is 5.89. The number of aromatic nitrogens is 2. The summed E-state index contributed by atoms with van der Waals surface area (Å²) in [6.07, 6.45) is 1.31. The first kappa shape index (κ1) is 28.5. The van der Waals surface area contributed by atoms with Crippen LogP contribution < -0.4 is 21.1 Å². The Hall–Kier alpha value is -4.47. The van der Waals surface area contributed by atoms with Crippen molar-refractivity contribution in [1.82, 2.24) is 15.3 Å². The molecule has 1 aromatic heterocycles. The van der Waals surface area contributed by atoms with Gasteiger partial charge in [0, 0.05) is 34.4 Å². The van der Waals surface area contributed by atoms with E-state index in [0.29, 0.717) is 21.3 Å². The standard InChI is InChI=1S/C29H26Cl2N6O3/c30-21-10-6-18(7-11-21)17-40-29-36-15-24(28(39)35-16-25(32)38)27(37-29)34-14-23(19-4-2-1-3-5-19)26(33)20-8-12-22(31)13-9-20/h1-13,15,23,33H,14,16-17H2,(H2,32,38)(H,35,39)(H,34,36,37). The smallest absolute Gasteiger partial charge is 0.318 e. The van der Waals surface area contributed by atoms with E-state index in [0.717, 1.165) is 11.1 Å². The van der Waals surface area contributed by atoms with E-state index < -0.39 is 17.7 Å². The molecule has 40 heavy (non-hydrogen) atoms. The Bertz CT molecular complexity index is 1480. The maximum absolute atomic E-state index is 12.8. The molecule has 0 radical (unpaired) electrons. The number of benzene rings is 3. The molecule has 0 saturated heterocycles. The van der Waals surface area contributed by atoms with E-state index in [9.17, 15) is 9.59 Å². The van der Waals surface area contributed by atoms with Crippen LogP contribution in [0.1, 0.15) is 33.0 Å². The van der Waals surface area contributed by atoms with Gasteiger partial charge >= 0.3 is 6.01 Å². The van der Waals surface area contributed by atoms with Gasteiger partial charge in [-0.3, -0.25) is 9.59 Å². The molecule has 2 amide bonds. The number of rotatable bonds is 12. The molecule has 0 saturated carbocycles. The second-order valence-corrected chi connectivity index (χ2v) is 9.62. The van der Waals surface area contributed by atoms with Crippen LogP contribution in [0.2, 0.25) is 10.0 Å². The number of carbonyl (C=O) groups is 2. The largest absolute Gasteiger partial charge is 0.459 e. The molecule has 0 spiro atoms. The molecule has 204 valence electrons. The van der Waals surface area contributed by atoms with E-state index in [2.05, 4.69) is 20.6 Å². The van der Waals surface area contributed by atoms with Gasteiger partial charge in [0.1, 0.15) is 18.0 Å². The van der Waals surface area contributed by atoms with E-state index >= 15 is 0 Å². The summed E-state index contributed by atoms with van der Waals surface area (Å²) >= 11 is 12.0. The van der Waals surface area contributed by atoms with Gasteiger partial charge in [-0.1, -0.05) is 77.8 Å². The highest BCUT2D eigenvalue weighted by molar-refractivity contribution is 6.31. The predicted octanol–water partition coefficient (Wildman–Crippen LogP) is 4.84. The molecule has 1 heterocycles. The van der Waals surface area contributed by atoms with Crippen molar-refractivity contribution in [2.75, 3.05) is 18.4 Å². The fraction of sp³-hybridized carbons (Fsp3) is 0.138. The topological polar surface area (TPSA) is 143 Å². The van der Waals surface area contributed by atoms with Gasteiger partial charge in [0.2, 0.25) is 5.91 Å². The molecular weight excluding hydrogens is 551 g/mol. The maximum Gasteiger partial charge on any atom is 0.318 e. The van der Waals surface area contributed by atoms with Crippen LogP contribution in [-0.4, -0.2) is 40.6 Å². The van der Waals surface area contributed by atoms with E-state index in [-0.39, 0.29) is 37.1 Å². The molecule has 9 nitrogen and oxygen atoms in total. The number of anilines is 1. The number of nitrogens with zero attached hydrogens (tertiary/aromatic N) is 2. The number of primary amides is 1. The van der Waals surface area contributed by atoms with E-state index in [4.69, 9.17) is 39.1 Å². The SMILES string of the molecule is N=C(c1ccc(Cl)cc1)C(CNc1nc(OCc2ccc(Cl)cc2)ncc1C(=O)NCC(N)=O)c1ccccc1. The first-order valence-corrected chi connectivity index (χ1v) is 13.0. The van der Waals surface area contributed by atoms with Crippen LogP contribution in [0.3, 0.4) is 0 Å². The van der Waals surface area contributed by atoms with Gasteiger partial charge in [-0.05, 0) is 41.0 Å². The van der Waals surface area contributed by atoms with Crippen molar-refractivity contribution in [3.05, 3.63) is 117 Å². The average Bonchev–Trinajstić information content (AvgIpc) is 2.96. The third-order valence-corrected chi connectivity index (χ3v) is 6.40. The normalized spacial score (nSPS) is 11.3. The van der Waals surface area contributed by atoms with Crippen molar-refractivity contribution in [3.63, 3.8) is 0 Å². The van der Waals surface area contributed by atoms with Gasteiger partial charge in [0.25, 0.3) is 5.91 Å². The molecule has 4 aromatic rings. The summed E-state index contributed by atoms with van der Waals surface area (Å²) in [6.45, 7) is 0.0494. The fourth-order valence-corrected chi connectivity index (χ4v) is 4.08. The van der Waals surface area contributed by atoms with Gasteiger partial charge in [-0.15, -0.1) is 0 Å². The second-order valence-electron chi connectivity index (χ2n) is 8.74. The number of hydrogen-bond donors (Lipinski definition) is 4. The number of halogens is 2. The summed E-state index contributed by atoms with van der Waals surface area (Å²) in [5.41, 5.74) is 8.07. The van der Waals surface area contributed by atoms with Crippen molar-refractivity contribution in [3.8, 4) is 6.01 Å². The summed E-state index contributed by atoms with van der Waals surface area (Å²) in [4.78, 5) is 32.7. The van der Waals surface area contributed by atoms with Crippen LogP contribution in [-0.2, 0) is 11.4 Å². The van der Waals surface area contributed by atoms with Crippen LogP contribution in [0.5, 0.6) is 6.01 Å². The molecule has 0 bridgehead atoms. The molecule has 11 heteroatoms. The molecule has 0 aliphatic heterocycles. The zero-order chi connectivity index (χ0) is 28.5. The highest BCUT2D eigenvalue weighted by atomic mass is 35.5. The maximum atomic E-state index is 12.8. The lowest BCUT2D eigenvalue weighted by molar-refractivity contribution is -0.117. The predicted molar refractivity (Wildman–Crippen MR) is 155 cm³/mol. The Morgan fingerprint density at radius 3 is 2.25 bits per heavy atom. The van der Waals surface area contributed by atoms with Crippen molar-refractivity contribution >= 4 is 46.5 Å². The Labute approximate surface area is 241 Å². The lowest BCUT2D eigenvalue weighted by Crippen LogP contribution is -2.34. The third kappa shape index (κ3) is 7.78. The van der Waals surface area contributed by atoms with Crippen molar-refractivity contribution < 1.29 is 14.3 Å². The Kier molecular flexibility index (Phi) is 9.66. The number of nitrogens with one attached hydrogen (secondary N) is 3. The number of ether oxygens (including phenoxy) is 1.